The van der Waals surface area contributed by atoms with Crippen LogP contribution >= 0.6 is 11.6 Å². The summed E-state index contributed by atoms with van der Waals surface area (Å²) in [6.45, 7) is 4.36. The molecule has 1 aromatic carbocycles. The van der Waals surface area contributed by atoms with Crippen molar-refractivity contribution >= 4 is 32.8 Å². The third kappa shape index (κ3) is 2.50. The highest BCUT2D eigenvalue weighted by Gasteiger charge is 2.21. The molecule has 1 N–H and O–H groups in total. The minimum Gasteiger partial charge on any atom is -0.312 e. The van der Waals surface area contributed by atoms with Crippen molar-refractivity contribution in [2.75, 3.05) is 0 Å². The van der Waals surface area contributed by atoms with E-state index in [-0.39, 0.29) is 11.1 Å². The number of fused-ring (bicyclic) bond motifs is 1. The van der Waals surface area contributed by atoms with Crippen LogP contribution in [0.5, 0.6) is 0 Å². The number of nitrogens with zero attached hydrogens (tertiary/aromatic N) is 2. The standard InChI is InChI=1S/C11H13ClN2O3S/c1-7(2)6-14-10-4-3-8(12)5-9(10)13-11(14)18(15,16)17/h3-5,7H,6H2,1-2H3,(H,15,16,17). The predicted molar refractivity (Wildman–Crippen MR) is 69.4 cm³/mol. The van der Waals surface area contributed by atoms with E-state index < -0.39 is 10.1 Å². The van der Waals surface area contributed by atoms with Crippen LogP contribution in [0.4, 0.5) is 0 Å². The Bertz CT molecular complexity index is 692. The number of imidazole rings is 1. The Hall–Kier alpha value is -1.11. The molecule has 98 valence electrons. The van der Waals surface area contributed by atoms with Gasteiger partial charge in [-0.15, -0.1) is 0 Å². The summed E-state index contributed by atoms with van der Waals surface area (Å²) in [5, 5.41) is 0.132. The lowest BCUT2D eigenvalue weighted by Crippen LogP contribution is -2.12. The number of hydrogen-bond acceptors (Lipinski definition) is 3. The van der Waals surface area contributed by atoms with Gasteiger partial charge < -0.3 is 4.57 Å². The van der Waals surface area contributed by atoms with Gasteiger partial charge in [0.1, 0.15) is 0 Å². The lowest BCUT2D eigenvalue weighted by atomic mass is 10.2. The summed E-state index contributed by atoms with van der Waals surface area (Å²) in [6, 6.07) is 4.93. The molecule has 0 aliphatic carbocycles. The summed E-state index contributed by atoms with van der Waals surface area (Å²) in [5.74, 6) is 0.221. The third-order valence-corrected chi connectivity index (χ3v) is 3.46. The Morgan fingerprint density at radius 2 is 2.11 bits per heavy atom. The van der Waals surface area contributed by atoms with Gasteiger partial charge in [0.05, 0.1) is 11.0 Å². The smallest absolute Gasteiger partial charge is 0.312 e. The first-order valence-corrected chi connectivity index (χ1v) is 7.24. The Labute approximate surface area is 110 Å². The molecule has 18 heavy (non-hydrogen) atoms. The maximum Gasteiger partial charge on any atom is 0.328 e. The second kappa shape index (κ2) is 4.53. The molecule has 5 nitrogen and oxygen atoms in total. The second-order valence-corrected chi connectivity index (χ2v) is 6.26. The highest BCUT2D eigenvalue weighted by Crippen LogP contribution is 2.23. The normalized spacial score (nSPS) is 12.5. The van der Waals surface area contributed by atoms with Crippen LogP contribution < -0.4 is 0 Å². The molecular weight excluding hydrogens is 276 g/mol. The maximum atomic E-state index is 11.3. The number of rotatable bonds is 3. The molecule has 0 spiro atoms. The molecule has 0 aliphatic heterocycles. The summed E-state index contributed by atoms with van der Waals surface area (Å²) in [5.41, 5.74) is 1.09. The summed E-state index contributed by atoms with van der Waals surface area (Å²) < 4.78 is 33.4. The van der Waals surface area contributed by atoms with Crippen LogP contribution in [0.15, 0.2) is 23.4 Å². The topological polar surface area (TPSA) is 72.2 Å². The monoisotopic (exact) mass is 288 g/mol. The minimum atomic E-state index is -4.35. The van der Waals surface area contributed by atoms with E-state index in [1.54, 1.807) is 18.2 Å². The fourth-order valence-corrected chi connectivity index (χ4v) is 2.65. The number of halogens is 1. The minimum absolute atomic E-state index is 0.221. The number of aromatic nitrogens is 2. The average molecular weight is 289 g/mol. The van der Waals surface area contributed by atoms with Crippen LogP contribution in [0.3, 0.4) is 0 Å². The van der Waals surface area contributed by atoms with Crippen LogP contribution in [0.2, 0.25) is 5.02 Å². The fourth-order valence-electron chi connectivity index (χ4n) is 1.82. The zero-order valence-corrected chi connectivity index (χ0v) is 11.5. The van der Waals surface area contributed by atoms with Crippen LogP contribution in [0, 0.1) is 5.92 Å². The molecule has 0 atom stereocenters. The molecule has 1 aromatic heterocycles. The van der Waals surface area contributed by atoms with Gasteiger partial charge >= 0.3 is 10.1 Å². The number of hydrogen-bond donors (Lipinski definition) is 1. The molecule has 0 amide bonds. The average Bonchev–Trinajstić information content (AvgIpc) is 2.55. The van der Waals surface area contributed by atoms with Crippen LogP contribution in [0.1, 0.15) is 13.8 Å². The first-order chi connectivity index (χ1) is 8.29. The van der Waals surface area contributed by atoms with Gasteiger partial charge in [-0.3, -0.25) is 4.55 Å². The molecule has 1 heterocycles. The Morgan fingerprint density at radius 3 is 2.67 bits per heavy atom. The molecule has 0 radical (unpaired) electrons. The van der Waals surface area contributed by atoms with Crippen LogP contribution in [0.25, 0.3) is 11.0 Å². The van der Waals surface area contributed by atoms with Crippen molar-refractivity contribution < 1.29 is 13.0 Å². The third-order valence-electron chi connectivity index (χ3n) is 2.45. The van der Waals surface area contributed by atoms with E-state index in [4.69, 9.17) is 11.6 Å². The Balaban J connectivity index is 2.76. The summed E-state index contributed by atoms with van der Waals surface area (Å²) in [6.07, 6.45) is 0. The quantitative estimate of drug-likeness (QED) is 0.881. The van der Waals surface area contributed by atoms with E-state index >= 15 is 0 Å². The highest BCUT2D eigenvalue weighted by atomic mass is 35.5. The molecule has 7 heteroatoms. The number of benzene rings is 1. The zero-order valence-electron chi connectivity index (χ0n) is 9.96. The van der Waals surface area contributed by atoms with Crippen LogP contribution in [-0.2, 0) is 16.7 Å². The van der Waals surface area contributed by atoms with Gasteiger partial charge in [0, 0.05) is 11.6 Å². The van der Waals surface area contributed by atoms with Crippen molar-refractivity contribution in [2.45, 2.75) is 25.5 Å². The zero-order chi connectivity index (χ0) is 13.5. The van der Waals surface area contributed by atoms with Gasteiger partial charge in [-0.2, -0.15) is 8.42 Å². The van der Waals surface area contributed by atoms with Gasteiger partial charge in [0.2, 0.25) is 0 Å². The maximum absolute atomic E-state index is 11.3. The van der Waals surface area contributed by atoms with E-state index in [1.807, 2.05) is 13.8 Å². The molecule has 0 fully saturated rings. The van der Waals surface area contributed by atoms with Gasteiger partial charge in [-0.05, 0) is 24.1 Å². The molecule has 0 saturated carbocycles. The van der Waals surface area contributed by atoms with Gasteiger partial charge in [0.25, 0.3) is 5.16 Å². The summed E-state index contributed by atoms with van der Waals surface area (Å²) in [4.78, 5) is 3.94. The predicted octanol–water partition coefficient (Wildman–Crippen LogP) is 2.59. The molecule has 0 saturated heterocycles. The van der Waals surface area contributed by atoms with Crippen molar-refractivity contribution in [3.63, 3.8) is 0 Å². The van der Waals surface area contributed by atoms with Crippen molar-refractivity contribution in [1.82, 2.24) is 9.55 Å². The first-order valence-electron chi connectivity index (χ1n) is 5.42. The van der Waals surface area contributed by atoms with Gasteiger partial charge in [-0.1, -0.05) is 25.4 Å². The largest absolute Gasteiger partial charge is 0.328 e. The van der Waals surface area contributed by atoms with E-state index in [0.717, 1.165) is 0 Å². The lowest BCUT2D eigenvalue weighted by molar-refractivity contribution is 0.447. The van der Waals surface area contributed by atoms with E-state index in [9.17, 15) is 13.0 Å². The van der Waals surface area contributed by atoms with Gasteiger partial charge in [0.15, 0.2) is 0 Å². The van der Waals surface area contributed by atoms with Crippen molar-refractivity contribution in [3.05, 3.63) is 23.2 Å². The lowest BCUT2D eigenvalue weighted by Gasteiger charge is -2.09. The molecule has 0 bridgehead atoms. The highest BCUT2D eigenvalue weighted by molar-refractivity contribution is 7.85. The van der Waals surface area contributed by atoms with Crippen LogP contribution in [-0.4, -0.2) is 22.5 Å². The molecule has 2 rings (SSSR count). The van der Waals surface area contributed by atoms with Crippen molar-refractivity contribution in [2.24, 2.45) is 5.92 Å². The van der Waals surface area contributed by atoms with Crippen molar-refractivity contribution in [1.29, 1.82) is 0 Å². The molecular formula is C11H13ClN2O3S. The molecule has 0 unspecified atom stereocenters. The van der Waals surface area contributed by atoms with Crippen molar-refractivity contribution in [3.8, 4) is 0 Å². The summed E-state index contributed by atoms with van der Waals surface area (Å²) >= 11 is 5.84. The Morgan fingerprint density at radius 1 is 1.44 bits per heavy atom. The molecule has 0 aliphatic rings. The summed E-state index contributed by atoms with van der Waals surface area (Å²) in [7, 11) is -4.35. The molecule has 2 aromatic rings. The van der Waals surface area contributed by atoms with Gasteiger partial charge in [-0.25, -0.2) is 4.98 Å². The SMILES string of the molecule is CC(C)Cn1c(S(=O)(=O)O)nc2cc(Cl)ccc21. The fraction of sp³-hybridized carbons (Fsp3) is 0.364. The van der Waals surface area contributed by atoms with E-state index in [2.05, 4.69) is 4.98 Å². The van der Waals surface area contributed by atoms with E-state index in [0.29, 0.717) is 22.6 Å². The Kier molecular flexibility index (Phi) is 3.35. The second-order valence-electron chi connectivity index (χ2n) is 4.51. The first kappa shape index (κ1) is 13.3. The van der Waals surface area contributed by atoms with E-state index in [1.165, 1.54) is 4.57 Å².